The molecule has 8 heteroatoms. The number of halogens is 6. The minimum Gasteiger partial charge on any atom is -0.205 e. The van der Waals surface area contributed by atoms with Crippen LogP contribution in [0.15, 0.2) is 30.6 Å². The standard InChI is InChI=1S/C9H14N.2CHF3.H2S/c1-2-3-7-10-8-5-4-6-9-10;2*2-1(3)4;/h4-6,8-9H,2-3,7H2,1H3;2*1H;1H2/q+1;;;. The number of alkyl halides is 6. The Labute approximate surface area is 115 Å². The summed E-state index contributed by atoms with van der Waals surface area (Å²) in [6.07, 6.45) is 6.75. The first-order chi connectivity index (χ1) is 8.40. The first-order valence-electron chi connectivity index (χ1n) is 5.18. The van der Waals surface area contributed by atoms with Gasteiger partial charge in [-0.3, -0.25) is 0 Å². The molecular formula is C11H18F6NS+. The number of pyridine rings is 1. The topological polar surface area (TPSA) is 3.88 Å². The zero-order valence-corrected chi connectivity index (χ0v) is 11.4. The van der Waals surface area contributed by atoms with Crippen LogP contribution < -0.4 is 4.57 Å². The maximum atomic E-state index is 9.67. The molecule has 0 N–H and O–H groups in total. The Hall–Kier alpha value is -0.920. The van der Waals surface area contributed by atoms with Gasteiger partial charge in [-0.15, -0.1) is 0 Å². The van der Waals surface area contributed by atoms with Gasteiger partial charge in [0.05, 0.1) is 0 Å². The van der Waals surface area contributed by atoms with Crippen LogP contribution in [0, 0.1) is 0 Å². The average molecular weight is 310 g/mol. The molecule has 0 amide bonds. The molecule has 0 aliphatic carbocycles. The van der Waals surface area contributed by atoms with Crippen LogP contribution in [0.2, 0.25) is 0 Å². The molecule has 0 fully saturated rings. The summed E-state index contributed by atoms with van der Waals surface area (Å²) in [5, 5.41) is 0. The highest BCUT2D eigenvalue weighted by Crippen LogP contribution is 1.88. The normalized spacial score (nSPS) is 8.89. The second-order valence-electron chi connectivity index (χ2n) is 2.96. The molecule has 114 valence electrons. The summed E-state index contributed by atoms with van der Waals surface area (Å²) in [7, 11) is 0. The zero-order valence-electron chi connectivity index (χ0n) is 10.4. The fourth-order valence-corrected chi connectivity index (χ4v) is 0.924. The summed E-state index contributed by atoms with van der Waals surface area (Å²) in [4.78, 5) is 0. The van der Waals surface area contributed by atoms with E-state index in [0.717, 1.165) is 6.54 Å². The highest BCUT2D eigenvalue weighted by molar-refractivity contribution is 7.59. The van der Waals surface area contributed by atoms with E-state index in [1.54, 1.807) is 0 Å². The Morgan fingerprint density at radius 3 is 1.53 bits per heavy atom. The molecule has 1 nitrogen and oxygen atoms in total. The van der Waals surface area contributed by atoms with Gasteiger partial charge in [0.15, 0.2) is 12.4 Å². The monoisotopic (exact) mass is 310 g/mol. The van der Waals surface area contributed by atoms with Crippen LogP contribution in [0.3, 0.4) is 0 Å². The molecule has 0 aliphatic heterocycles. The number of hydrogen-bond acceptors (Lipinski definition) is 0. The van der Waals surface area contributed by atoms with E-state index in [2.05, 4.69) is 36.0 Å². The molecule has 0 unspecified atom stereocenters. The van der Waals surface area contributed by atoms with Crippen LogP contribution >= 0.6 is 13.5 Å². The summed E-state index contributed by atoms with van der Waals surface area (Å²) in [6.45, 7) is -3.97. The van der Waals surface area contributed by atoms with Crippen LogP contribution in [0.25, 0.3) is 0 Å². The lowest BCUT2D eigenvalue weighted by atomic mass is 10.3. The SMILES string of the molecule is CCCC[n+]1ccccc1.FC(F)F.FC(F)F.S. The molecule has 19 heavy (non-hydrogen) atoms. The molecule has 0 aromatic carbocycles. The number of unbranched alkanes of at least 4 members (excludes halogenated alkanes) is 1. The molecule has 1 aromatic heterocycles. The summed E-state index contributed by atoms with van der Waals surface area (Å²) >= 11 is 0. The molecule has 0 saturated heterocycles. The van der Waals surface area contributed by atoms with Crippen molar-refractivity contribution >= 4 is 13.5 Å². The van der Waals surface area contributed by atoms with Gasteiger partial charge in [-0.2, -0.15) is 39.8 Å². The smallest absolute Gasteiger partial charge is 0.205 e. The first-order valence-corrected chi connectivity index (χ1v) is 5.18. The van der Waals surface area contributed by atoms with Crippen LogP contribution in [-0.4, -0.2) is 13.4 Å². The van der Waals surface area contributed by atoms with Crippen molar-refractivity contribution in [2.24, 2.45) is 0 Å². The largest absolute Gasteiger partial charge is 0.379 e. The van der Waals surface area contributed by atoms with Gasteiger partial charge in [0.25, 0.3) is 0 Å². The van der Waals surface area contributed by atoms with Gasteiger partial charge in [0.1, 0.15) is 6.54 Å². The Morgan fingerprint density at radius 1 is 0.842 bits per heavy atom. The number of aryl methyl sites for hydroxylation is 1. The number of nitrogens with zero attached hydrogens (tertiary/aromatic N) is 1. The van der Waals surface area contributed by atoms with E-state index in [-0.39, 0.29) is 13.5 Å². The minimum absolute atomic E-state index is 0. The second-order valence-corrected chi connectivity index (χ2v) is 2.96. The molecule has 0 bridgehead atoms. The van der Waals surface area contributed by atoms with E-state index in [9.17, 15) is 26.3 Å². The Morgan fingerprint density at radius 2 is 1.21 bits per heavy atom. The van der Waals surface area contributed by atoms with Crippen molar-refractivity contribution in [1.82, 2.24) is 0 Å². The first kappa shape index (κ1) is 23.2. The van der Waals surface area contributed by atoms with E-state index < -0.39 is 13.4 Å². The van der Waals surface area contributed by atoms with Gasteiger partial charge in [-0.1, -0.05) is 19.4 Å². The highest BCUT2D eigenvalue weighted by Gasteiger charge is 1.93. The third-order valence-corrected chi connectivity index (χ3v) is 1.55. The number of aromatic nitrogens is 1. The fraction of sp³-hybridized carbons (Fsp3) is 0.545. The van der Waals surface area contributed by atoms with Crippen LogP contribution in [0.1, 0.15) is 19.8 Å². The molecule has 0 aliphatic rings. The van der Waals surface area contributed by atoms with Crippen molar-refractivity contribution in [3.63, 3.8) is 0 Å². The van der Waals surface area contributed by atoms with Gasteiger partial charge < -0.3 is 0 Å². The van der Waals surface area contributed by atoms with E-state index >= 15 is 0 Å². The highest BCUT2D eigenvalue weighted by atomic mass is 32.1. The average Bonchev–Trinajstić information content (AvgIpc) is 2.26. The zero-order chi connectivity index (χ0) is 14.4. The maximum Gasteiger partial charge on any atom is 0.379 e. The summed E-state index contributed by atoms with van der Waals surface area (Å²) in [5.41, 5.74) is 0. The lowest BCUT2D eigenvalue weighted by molar-refractivity contribution is -0.697. The number of hydrogen-bond donors (Lipinski definition) is 0. The molecule has 0 radical (unpaired) electrons. The molecule has 0 spiro atoms. The van der Waals surface area contributed by atoms with Gasteiger partial charge in [0, 0.05) is 18.6 Å². The quantitative estimate of drug-likeness (QED) is 0.580. The Bertz CT molecular complexity index is 249. The molecule has 0 atom stereocenters. The second kappa shape index (κ2) is 17.1. The van der Waals surface area contributed by atoms with Crippen molar-refractivity contribution in [3.8, 4) is 0 Å². The Balaban J connectivity index is -0.000000242. The van der Waals surface area contributed by atoms with Crippen molar-refractivity contribution in [1.29, 1.82) is 0 Å². The predicted molar refractivity (Wildman–Crippen MR) is 66.2 cm³/mol. The molecule has 1 aromatic rings. The Kier molecular flexibility index (Phi) is 20.8. The lowest BCUT2D eigenvalue weighted by Crippen LogP contribution is -2.31. The van der Waals surface area contributed by atoms with E-state index in [1.165, 1.54) is 12.8 Å². The van der Waals surface area contributed by atoms with Crippen molar-refractivity contribution in [2.75, 3.05) is 0 Å². The van der Waals surface area contributed by atoms with Crippen LogP contribution in [0.4, 0.5) is 26.3 Å². The summed E-state index contributed by atoms with van der Waals surface area (Å²) < 4.78 is 60.2. The summed E-state index contributed by atoms with van der Waals surface area (Å²) in [6, 6.07) is 6.17. The van der Waals surface area contributed by atoms with Gasteiger partial charge in [0.2, 0.25) is 0 Å². The molecule has 1 rings (SSSR count). The number of rotatable bonds is 3. The van der Waals surface area contributed by atoms with E-state index in [4.69, 9.17) is 0 Å². The van der Waals surface area contributed by atoms with Crippen LogP contribution in [0.5, 0.6) is 0 Å². The third-order valence-electron chi connectivity index (χ3n) is 1.55. The predicted octanol–water partition coefficient (Wildman–Crippen LogP) is 4.24. The third kappa shape index (κ3) is 31.6. The lowest BCUT2D eigenvalue weighted by Gasteiger charge is -1.91. The van der Waals surface area contributed by atoms with Gasteiger partial charge in [-0.05, 0) is 0 Å². The van der Waals surface area contributed by atoms with E-state index in [0.29, 0.717) is 0 Å². The fourth-order valence-electron chi connectivity index (χ4n) is 0.924. The minimum atomic E-state index is -3.67. The molecular weight excluding hydrogens is 292 g/mol. The summed E-state index contributed by atoms with van der Waals surface area (Å²) in [5.74, 6) is 0. The van der Waals surface area contributed by atoms with Crippen LogP contribution in [-0.2, 0) is 6.54 Å². The van der Waals surface area contributed by atoms with E-state index in [1.807, 2.05) is 6.07 Å². The van der Waals surface area contributed by atoms with Crippen molar-refractivity contribution in [2.45, 2.75) is 39.7 Å². The van der Waals surface area contributed by atoms with Crippen molar-refractivity contribution < 1.29 is 30.9 Å². The van der Waals surface area contributed by atoms with Gasteiger partial charge >= 0.3 is 13.4 Å². The molecule has 1 heterocycles. The van der Waals surface area contributed by atoms with Gasteiger partial charge in [-0.25, -0.2) is 4.57 Å². The molecule has 0 saturated carbocycles. The maximum absolute atomic E-state index is 9.67. The van der Waals surface area contributed by atoms with Crippen molar-refractivity contribution in [3.05, 3.63) is 30.6 Å².